The lowest BCUT2D eigenvalue weighted by atomic mass is 9.88. The lowest BCUT2D eigenvalue weighted by Crippen LogP contribution is -2.61. The molecule has 0 bridgehead atoms. The molecule has 8 rings (SSSR count). The Bertz CT molecular complexity index is 2530. The Hall–Kier alpha value is -5.79. The van der Waals surface area contributed by atoms with E-state index in [4.69, 9.17) is 33.2 Å². The van der Waals surface area contributed by atoms with Gasteiger partial charge in [-0.05, 0) is 75.7 Å². The summed E-state index contributed by atoms with van der Waals surface area (Å²) >= 11 is 1.31. The van der Waals surface area contributed by atoms with Crippen LogP contribution >= 0.6 is 11.8 Å². The van der Waals surface area contributed by atoms with E-state index in [-0.39, 0.29) is 39.8 Å². The number of benzene rings is 7. The number of aryl methyl sites for hydroxylation is 1. The first-order chi connectivity index (χ1) is 32.9. The number of rotatable bonds is 22. The highest BCUT2D eigenvalue weighted by Gasteiger charge is 2.58. The lowest BCUT2D eigenvalue weighted by molar-refractivity contribution is -0.199. The van der Waals surface area contributed by atoms with Crippen LogP contribution in [0.2, 0.25) is 0 Å². The SMILES string of the molecule is COCOc1ccc(C(O)c2cc([C@]3(O)S[C@H](COCc4ccccc4)[C@@H](OCc4ccccc4)[C@H](OCc4ccccc4)[C@H]3OCc3ccccc3)c(OCc3ccccc3)cc2C)cc1. The number of aliphatic hydroxyl groups is 2. The molecule has 1 heterocycles. The van der Waals surface area contributed by atoms with Crippen LogP contribution in [0.15, 0.2) is 188 Å². The summed E-state index contributed by atoms with van der Waals surface area (Å²) in [7, 11) is 1.57. The molecular weight excluding hydrogens is 861 g/mol. The van der Waals surface area contributed by atoms with Crippen LogP contribution in [-0.2, 0) is 61.7 Å². The molecule has 1 saturated heterocycles. The molecule has 0 aliphatic carbocycles. The fourth-order valence-corrected chi connectivity index (χ4v) is 9.87. The molecule has 1 aliphatic rings. The van der Waals surface area contributed by atoms with Crippen LogP contribution in [0.25, 0.3) is 0 Å². The zero-order chi connectivity index (χ0) is 46.3. The topological polar surface area (TPSA) is 105 Å². The minimum absolute atomic E-state index is 0.102. The van der Waals surface area contributed by atoms with Crippen LogP contribution in [0.3, 0.4) is 0 Å². The van der Waals surface area contributed by atoms with E-state index in [9.17, 15) is 10.2 Å². The van der Waals surface area contributed by atoms with E-state index < -0.39 is 34.6 Å². The van der Waals surface area contributed by atoms with Gasteiger partial charge in [-0.3, -0.25) is 0 Å². The Morgan fingerprint density at radius 3 is 1.55 bits per heavy atom. The molecule has 6 atom stereocenters. The van der Waals surface area contributed by atoms with Gasteiger partial charge in [-0.15, -0.1) is 11.8 Å². The monoisotopic (exact) mass is 918 g/mol. The average molecular weight is 919 g/mol. The van der Waals surface area contributed by atoms with E-state index in [1.165, 1.54) is 11.8 Å². The fraction of sp³-hybridized carbons (Fsp3) is 0.263. The summed E-state index contributed by atoms with van der Waals surface area (Å²) in [6.07, 6.45) is -3.60. The molecule has 7 aromatic rings. The van der Waals surface area contributed by atoms with Gasteiger partial charge in [0.1, 0.15) is 42.5 Å². The van der Waals surface area contributed by atoms with Crippen LogP contribution in [0.5, 0.6) is 11.5 Å². The van der Waals surface area contributed by atoms with Crippen molar-refractivity contribution in [1.82, 2.24) is 0 Å². The van der Waals surface area contributed by atoms with Gasteiger partial charge in [0.05, 0.1) is 38.3 Å². The molecule has 10 heteroatoms. The molecule has 9 nitrogen and oxygen atoms in total. The normalized spacial score (nSPS) is 19.7. The maximum absolute atomic E-state index is 14.1. The standard InChI is InChI=1S/C57H58O9S/c1-41-32-51(62-35-43-20-10-4-11-21-43)50(33-49(41)53(58)47-28-30-48(31-29-47)66-40-60-2)57(59)56(65-38-46-26-16-7-17-27-46)55(64-37-45-24-14-6-15-25-45)54(63-36-44-22-12-5-13-23-44)52(67-57)39-61-34-42-18-8-3-9-19-42/h3-33,52-56,58-59H,34-40H2,1-2H3/t52-,53?,54-,55+,56-,57+/m1/s1. The summed E-state index contributed by atoms with van der Waals surface area (Å²) < 4.78 is 45.2. The molecule has 7 aromatic carbocycles. The Balaban J connectivity index is 1.26. The van der Waals surface area contributed by atoms with Gasteiger partial charge < -0.3 is 43.4 Å². The largest absolute Gasteiger partial charge is 0.488 e. The predicted molar refractivity (Wildman–Crippen MR) is 261 cm³/mol. The molecule has 0 radical (unpaired) electrons. The third-order valence-corrected chi connectivity index (χ3v) is 13.3. The predicted octanol–water partition coefficient (Wildman–Crippen LogP) is 10.9. The van der Waals surface area contributed by atoms with Crippen molar-refractivity contribution in [2.75, 3.05) is 20.5 Å². The third-order valence-electron chi connectivity index (χ3n) is 11.8. The smallest absolute Gasteiger partial charge is 0.188 e. The maximum atomic E-state index is 14.1. The summed E-state index contributed by atoms with van der Waals surface area (Å²) in [5, 5.41) is 25.8. The number of ether oxygens (including phenoxy) is 7. The van der Waals surface area contributed by atoms with Crippen molar-refractivity contribution in [3.8, 4) is 11.5 Å². The van der Waals surface area contributed by atoms with Gasteiger partial charge >= 0.3 is 0 Å². The van der Waals surface area contributed by atoms with E-state index in [2.05, 4.69) is 0 Å². The van der Waals surface area contributed by atoms with Crippen LogP contribution in [-0.4, -0.2) is 54.3 Å². The first kappa shape index (κ1) is 47.7. The Kier molecular flexibility index (Phi) is 16.9. The Morgan fingerprint density at radius 2 is 1.03 bits per heavy atom. The van der Waals surface area contributed by atoms with E-state index in [1.54, 1.807) is 19.2 Å². The number of methoxy groups -OCH3 is 1. The lowest BCUT2D eigenvalue weighted by Gasteiger charge is -2.50. The van der Waals surface area contributed by atoms with Gasteiger partial charge in [0.25, 0.3) is 0 Å². The zero-order valence-corrected chi connectivity index (χ0v) is 38.7. The number of hydrogen-bond acceptors (Lipinski definition) is 10. The van der Waals surface area contributed by atoms with E-state index in [0.29, 0.717) is 34.8 Å². The first-order valence-corrected chi connectivity index (χ1v) is 23.5. The maximum Gasteiger partial charge on any atom is 0.188 e. The van der Waals surface area contributed by atoms with Crippen molar-refractivity contribution in [2.45, 2.75) is 74.6 Å². The zero-order valence-electron chi connectivity index (χ0n) is 37.9. The quantitative estimate of drug-likeness (QED) is 0.0639. The Labute approximate surface area is 398 Å². The molecule has 0 saturated carbocycles. The van der Waals surface area contributed by atoms with Crippen LogP contribution in [0.1, 0.15) is 56.2 Å². The summed E-state index contributed by atoms with van der Waals surface area (Å²) in [4.78, 5) is -1.87. The molecule has 0 amide bonds. The van der Waals surface area contributed by atoms with Crippen molar-refractivity contribution in [1.29, 1.82) is 0 Å². The van der Waals surface area contributed by atoms with E-state index in [0.717, 1.165) is 33.4 Å². The number of thioether (sulfide) groups is 1. The second-order valence-electron chi connectivity index (χ2n) is 16.6. The number of hydrogen-bond donors (Lipinski definition) is 2. The Morgan fingerprint density at radius 1 is 0.552 bits per heavy atom. The van der Waals surface area contributed by atoms with Crippen molar-refractivity contribution in [2.24, 2.45) is 0 Å². The fourth-order valence-electron chi connectivity index (χ4n) is 8.25. The molecule has 346 valence electrons. The summed E-state index contributed by atoms with van der Waals surface area (Å²) in [5.41, 5.74) is 7.27. The van der Waals surface area contributed by atoms with Crippen LogP contribution < -0.4 is 9.47 Å². The molecule has 1 aliphatic heterocycles. The van der Waals surface area contributed by atoms with E-state index in [1.807, 2.05) is 183 Å². The molecular formula is C57H58O9S. The summed E-state index contributed by atoms with van der Waals surface area (Å²) in [6.45, 7) is 3.51. The van der Waals surface area contributed by atoms with Gasteiger partial charge in [-0.2, -0.15) is 0 Å². The summed E-state index contributed by atoms with van der Waals surface area (Å²) in [6, 6.07) is 60.9. The molecule has 2 N–H and O–H groups in total. The van der Waals surface area contributed by atoms with Gasteiger partial charge in [0, 0.05) is 12.7 Å². The molecule has 0 aromatic heterocycles. The average Bonchev–Trinajstić information content (AvgIpc) is 3.37. The minimum Gasteiger partial charge on any atom is -0.488 e. The highest BCUT2D eigenvalue weighted by Crippen LogP contribution is 2.53. The van der Waals surface area contributed by atoms with E-state index >= 15 is 0 Å². The highest BCUT2D eigenvalue weighted by molar-refractivity contribution is 8.00. The van der Waals surface area contributed by atoms with Gasteiger partial charge in [-0.1, -0.05) is 164 Å². The molecule has 1 unspecified atom stereocenters. The van der Waals surface area contributed by atoms with Gasteiger partial charge in [0.2, 0.25) is 0 Å². The van der Waals surface area contributed by atoms with Gasteiger partial charge in [-0.25, -0.2) is 0 Å². The molecule has 0 spiro atoms. The number of aliphatic hydroxyl groups excluding tert-OH is 1. The molecule has 67 heavy (non-hydrogen) atoms. The highest BCUT2D eigenvalue weighted by atomic mass is 32.2. The second-order valence-corrected chi connectivity index (χ2v) is 18.1. The van der Waals surface area contributed by atoms with Crippen LogP contribution in [0.4, 0.5) is 0 Å². The second kappa shape index (κ2) is 23.8. The van der Waals surface area contributed by atoms with Crippen molar-refractivity contribution in [3.05, 3.63) is 238 Å². The van der Waals surface area contributed by atoms with Crippen molar-refractivity contribution < 1.29 is 43.4 Å². The first-order valence-electron chi connectivity index (χ1n) is 22.6. The summed E-state index contributed by atoms with van der Waals surface area (Å²) in [5.74, 6) is 1.05. The van der Waals surface area contributed by atoms with Crippen LogP contribution in [0, 0.1) is 6.92 Å². The van der Waals surface area contributed by atoms with Gasteiger partial charge in [0.15, 0.2) is 11.7 Å². The van der Waals surface area contributed by atoms with Crippen molar-refractivity contribution >= 4 is 11.8 Å². The molecule has 1 fully saturated rings. The van der Waals surface area contributed by atoms with Crippen molar-refractivity contribution in [3.63, 3.8) is 0 Å². The third kappa shape index (κ3) is 12.6. The minimum atomic E-state index is -1.87.